The molecule has 1 aromatic carbocycles. The summed E-state index contributed by atoms with van der Waals surface area (Å²) in [7, 11) is 0. The van der Waals surface area contributed by atoms with Gasteiger partial charge in [-0.2, -0.15) is 0 Å². The van der Waals surface area contributed by atoms with E-state index in [2.05, 4.69) is 5.32 Å². The molecule has 0 saturated heterocycles. The number of nitrogens with one attached hydrogen (secondary N) is 1. The van der Waals surface area contributed by atoms with Crippen LogP contribution in [0.3, 0.4) is 0 Å². The lowest BCUT2D eigenvalue weighted by Gasteiger charge is -2.21. The molecule has 0 fully saturated rings. The van der Waals surface area contributed by atoms with Crippen molar-refractivity contribution in [1.82, 2.24) is 5.32 Å². The van der Waals surface area contributed by atoms with Crippen LogP contribution in [-0.4, -0.2) is 34.7 Å². The highest BCUT2D eigenvalue weighted by molar-refractivity contribution is 5.93. The van der Waals surface area contributed by atoms with Gasteiger partial charge in [-0.3, -0.25) is 9.59 Å². The molecule has 0 saturated carbocycles. The van der Waals surface area contributed by atoms with Crippen LogP contribution in [-0.2, 0) is 9.59 Å². The molecule has 0 bridgehead atoms. The first-order chi connectivity index (χ1) is 9.08. The number of benzene rings is 1. The van der Waals surface area contributed by atoms with Crippen molar-refractivity contribution in [2.45, 2.75) is 25.0 Å². The van der Waals surface area contributed by atoms with E-state index < -0.39 is 30.4 Å². The molecule has 1 amide bonds. The number of rotatable bonds is 3. The van der Waals surface area contributed by atoms with Gasteiger partial charge in [0, 0.05) is 12.0 Å². The molecule has 2 atom stereocenters. The van der Waals surface area contributed by atoms with Gasteiger partial charge in [-0.25, -0.2) is 0 Å². The minimum absolute atomic E-state index is 0.353. The lowest BCUT2D eigenvalue weighted by molar-refractivity contribution is -0.141. The van der Waals surface area contributed by atoms with E-state index in [0.29, 0.717) is 24.3 Å². The van der Waals surface area contributed by atoms with Crippen molar-refractivity contribution in [2.24, 2.45) is 0 Å². The Balaban J connectivity index is 2.11. The lowest BCUT2D eigenvalue weighted by Crippen LogP contribution is -2.40. The topological polar surface area (TPSA) is 95.9 Å². The summed E-state index contributed by atoms with van der Waals surface area (Å²) in [4.78, 5) is 21.9. The fourth-order valence-electron chi connectivity index (χ4n) is 2.07. The van der Waals surface area contributed by atoms with E-state index >= 15 is 0 Å². The van der Waals surface area contributed by atoms with Crippen molar-refractivity contribution in [3.8, 4) is 5.75 Å². The van der Waals surface area contributed by atoms with E-state index in [9.17, 15) is 14.7 Å². The highest BCUT2D eigenvalue weighted by Crippen LogP contribution is 2.31. The molecule has 6 heteroatoms. The molecule has 0 aliphatic carbocycles. The molecular formula is C13H15NO5. The van der Waals surface area contributed by atoms with Gasteiger partial charge in [0.2, 0.25) is 5.91 Å². The second kappa shape index (κ2) is 5.71. The number of carbonyl (C=O) groups excluding carboxylic acids is 1. The summed E-state index contributed by atoms with van der Waals surface area (Å²) in [6.07, 6.45) is -1.09. The predicted molar refractivity (Wildman–Crippen MR) is 65.7 cm³/mol. The summed E-state index contributed by atoms with van der Waals surface area (Å²) < 4.78 is 5.48. The van der Waals surface area contributed by atoms with Crippen LogP contribution in [0.5, 0.6) is 5.75 Å². The average molecular weight is 265 g/mol. The van der Waals surface area contributed by atoms with Crippen molar-refractivity contribution in [1.29, 1.82) is 0 Å². The maximum absolute atomic E-state index is 11.4. The molecule has 0 spiro atoms. The van der Waals surface area contributed by atoms with Crippen LogP contribution in [0.2, 0.25) is 0 Å². The van der Waals surface area contributed by atoms with Crippen molar-refractivity contribution in [2.75, 3.05) is 6.61 Å². The number of fused-ring (bicyclic) bond motifs is 1. The fraction of sp³-hybridized carbons (Fsp3) is 0.385. The summed E-state index contributed by atoms with van der Waals surface area (Å²) in [5.74, 6) is -1.22. The molecule has 3 N–H and O–H groups in total. The molecule has 6 nitrogen and oxygen atoms in total. The van der Waals surface area contributed by atoms with Crippen LogP contribution in [0.1, 0.15) is 24.5 Å². The number of hydrogen-bond donors (Lipinski definition) is 3. The van der Waals surface area contributed by atoms with E-state index in [4.69, 9.17) is 9.84 Å². The Morgan fingerprint density at radius 1 is 1.37 bits per heavy atom. The Labute approximate surface area is 110 Å². The first-order valence-electron chi connectivity index (χ1n) is 5.99. The second-order valence-electron chi connectivity index (χ2n) is 4.36. The minimum atomic E-state index is -1.20. The van der Waals surface area contributed by atoms with Crippen LogP contribution in [0.4, 0.5) is 0 Å². The van der Waals surface area contributed by atoms with Gasteiger partial charge in [-0.1, -0.05) is 18.2 Å². The fourth-order valence-corrected chi connectivity index (χ4v) is 2.07. The number of aliphatic hydroxyl groups is 1. The monoisotopic (exact) mass is 265 g/mol. The molecule has 2 unspecified atom stereocenters. The Morgan fingerprint density at radius 2 is 2.11 bits per heavy atom. The van der Waals surface area contributed by atoms with Crippen LogP contribution in [0.25, 0.3) is 0 Å². The van der Waals surface area contributed by atoms with E-state index in [1.165, 1.54) is 0 Å². The number of aliphatic hydroxyl groups excluding tert-OH is 1. The molecule has 2 rings (SSSR count). The zero-order chi connectivity index (χ0) is 13.8. The number of ether oxygens (including phenoxy) is 1. The quantitative estimate of drug-likeness (QED) is 0.690. The third-order valence-electron chi connectivity index (χ3n) is 2.96. The number of aliphatic carboxylic acids is 1. The predicted octanol–water partition coefficient (Wildman–Crippen LogP) is 0.462. The van der Waals surface area contributed by atoms with Gasteiger partial charge in [0.25, 0.3) is 0 Å². The Morgan fingerprint density at radius 3 is 2.84 bits per heavy atom. The highest BCUT2D eigenvalue weighted by Gasteiger charge is 2.28. The van der Waals surface area contributed by atoms with Crippen LogP contribution < -0.4 is 10.1 Å². The molecule has 0 aromatic heterocycles. The van der Waals surface area contributed by atoms with Crippen molar-refractivity contribution in [3.05, 3.63) is 29.8 Å². The van der Waals surface area contributed by atoms with E-state index in [1.54, 1.807) is 24.3 Å². The molecule has 19 heavy (non-hydrogen) atoms. The average Bonchev–Trinajstić information content (AvgIpc) is 2.50. The summed E-state index contributed by atoms with van der Waals surface area (Å²) in [5, 5.41) is 21.3. The summed E-state index contributed by atoms with van der Waals surface area (Å²) in [6, 6.07) is 6.50. The Hall–Kier alpha value is -2.08. The molecule has 1 heterocycles. The highest BCUT2D eigenvalue weighted by atomic mass is 16.5. The number of para-hydroxylation sites is 1. The third kappa shape index (κ3) is 3.23. The van der Waals surface area contributed by atoms with Crippen LogP contribution in [0, 0.1) is 0 Å². The SMILES string of the molecule is O=C(O)CC(=O)NC1CCOc2ccccc2C1O. The van der Waals surface area contributed by atoms with Gasteiger partial charge in [-0.15, -0.1) is 0 Å². The number of carboxylic acids is 1. The zero-order valence-corrected chi connectivity index (χ0v) is 10.2. The van der Waals surface area contributed by atoms with Crippen LogP contribution >= 0.6 is 0 Å². The molecule has 1 aromatic rings. The van der Waals surface area contributed by atoms with Crippen molar-refractivity contribution >= 4 is 11.9 Å². The number of amides is 1. The van der Waals surface area contributed by atoms with E-state index in [1.807, 2.05) is 0 Å². The third-order valence-corrected chi connectivity index (χ3v) is 2.96. The van der Waals surface area contributed by atoms with Gasteiger partial charge >= 0.3 is 5.97 Å². The van der Waals surface area contributed by atoms with Gasteiger partial charge in [0.15, 0.2) is 0 Å². The van der Waals surface area contributed by atoms with Gasteiger partial charge in [0.05, 0.1) is 12.6 Å². The molecular weight excluding hydrogens is 250 g/mol. The molecule has 0 radical (unpaired) electrons. The first-order valence-corrected chi connectivity index (χ1v) is 5.99. The largest absolute Gasteiger partial charge is 0.493 e. The Kier molecular flexibility index (Phi) is 4.01. The first kappa shape index (κ1) is 13.4. The second-order valence-corrected chi connectivity index (χ2v) is 4.36. The maximum Gasteiger partial charge on any atom is 0.312 e. The minimum Gasteiger partial charge on any atom is -0.493 e. The van der Waals surface area contributed by atoms with Crippen molar-refractivity contribution in [3.63, 3.8) is 0 Å². The van der Waals surface area contributed by atoms with Crippen LogP contribution in [0.15, 0.2) is 24.3 Å². The zero-order valence-electron chi connectivity index (χ0n) is 10.2. The molecule has 1 aliphatic rings. The van der Waals surface area contributed by atoms with Gasteiger partial charge < -0.3 is 20.3 Å². The number of carboxylic acid groups (broad SMARTS) is 1. The number of carbonyl (C=O) groups is 2. The number of hydrogen-bond acceptors (Lipinski definition) is 4. The lowest BCUT2D eigenvalue weighted by atomic mass is 10.00. The van der Waals surface area contributed by atoms with E-state index in [-0.39, 0.29) is 0 Å². The standard InChI is InChI=1S/C13H15NO5/c15-11(7-12(16)17)14-9-5-6-19-10-4-2-1-3-8(10)13(9)18/h1-4,9,13,18H,5-7H2,(H,14,15)(H,16,17). The summed E-state index contributed by atoms with van der Waals surface area (Å²) in [5.41, 5.74) is 0.598. The van der Waals surface area contributed by atoms with E-state index in [0.717, 1.165) is 0 Å². The normalized spacial score (nSPS) is 21.7. The maximum atomic E-state index is 11.4. The molecule has 102 valence electrons. The van der Waals surface area contributed by atoms with Gasteiger partial charge in [-0.05, 0) is 6.07 Å². The molecule has 1 aliphatic heterocycles. The smallest absolute Gasteiger partial charge is 0.312 e. The summed E-state index contributed by atoms with van der Waals surface area (Å²) >= 11 is 0. The van der Waals surface area contributed by atoms with Crippen molar-refractivity contribution < 1.29 is 24.5 Å². The van der Waals surface area contributed by atoms with Gasteiger partial charge in [0.1, 0.15) is 18.3 Å². The Bertz CT molecular complexity index is 488. The summed E-state index contributed by atoms with van der Waals surface area (Å²) in [6.45, 7) is 0.353.